The molecule has 0 heterocycles. The molecule has 3 rings (SSSR count). The van der Waals surface area contributed by atoms with E-state index < -0.39 is 0 Å². The van der Waals surface area contributed by atoms with Crippen LogP contribution >= 0.6 is 23.2 Å². The van der Waals surface area contributed by atoms with E-state index in [1.54, 1.807) is 18.2 Å². The van der Waals surface area contributed by atoms with Gasteiger partial charge in [-0.2, -0.15) is 0 Å². The molecule has 0 aromatic heterocycles. The number of hydrogen-bond acceptors (Lipinski definition) is 1. The molecule has 0 bridgehead atoms. The second-order valence-electron chi connectivity index (χ2n) is 5.14. The summed E-state index contributed by atoms with van der Waals surface area (Å²) in [6.07, 6.45) is 3.01. The molecule has 3 heteroatoms. The lowest BCUT2D eigenvalue weighted by atomic mass is 9.79. The highest BCUT2D eigenvalue weighted by molar-refractivity contribution is 6.42. The van der Waals surface area contributed by atoms with Gasteiger partial charge in [-0.1, -0.05) is 47.5 Å². The van der Waals surface area contributed by atoms with Gasteiger partial charge in [0.2, 0.25) is 0 Å². The van der Waals surface area contributed by atoms with Gasteiger partial charge in [0.15, 0.2) is 5.78 Å². The van der Waals surface area contributed by atoms with E-state index in [0.717, 1.165) is 24.8 Å². The fraction of sp³-hybridized carbons (Fsp3) is 0.235. The molecule has 0 N–H and O–H groups in total. The molecule has 0 radical (unpaired) electrons. The molecule has 1 unspecified atom stereocenters. The minimum absolute atomic E-state index is 0.0582. The summed E-state index contributed by atoms with van der Waals surface area (Å²) < 4.78 is 0. The van der Waals surface area contributed by atoms with Gasteiger partial charge in [-0.25, -0.2) is 0 Å². The van der Waals surface area contributed by atoms with E-state index in [1.165, 1.54) is 5.56 Å². The Morgan fingerprint density at radius 1 is 1.05 bits per heavy atom. The van der Waals surface area contributed by atoms with E-state index in [-0.39, 0.29) is 11.7 Å². The number of carbonyl (C=O) groups is 1. The van der Waals surface area contributed by atoms with Gasteiger partial charge >= 0.3 is 0 Å². The molecule has 0 fully saturated rings. The maximum atomic E-state index is 12.7. The van der Waals surface area contributed by atoms with Crippen LogP contribution in [0.4, 0.5) is 0 Å². The minimum atomic E-state index is -0.0582. The summed E-state index contributed by atoms with van der Waals surface area (Å²) in [6.45, 7) is 0. The van der Waals surface area contributed by atoms with Crippen LogP contribution in [-0.4, -0.2) is 5.78 Å². The van der Waals surface area contributed by atoms with Crippen LogP contribution in [-0.2, 0) is 6.42 Å². The summed E-state index contributed by atoms with van der Waals surface area (Å²) in [5.41, 5.74) is 3.09. The zero-order chi connectivity index (χ0) is 14.1. The highest BCUT2D eigenvalue weighted by Crippen LogP contribution is 2.35. The van der Waals surface area contributed by atoms with Crippen molar-refractivity contribution in [2.24, 2.45) is 0 Å². The lowest BCUT2D eigenvalue weighted by Gasteiger charge is -2.24. The molecule has 0 saturated carbocycles. The van der Waals surface area contributed by atoms with Crippen molar-refractivity contribution in [2.45, 2.75) is 25.2 Å². The summed E-state index contributed by atoms with van der Waals surface area (Å²) in [7, 11) is 0. The van der Waals surface area contributed by atoms with Crippen LogP contribution in [0.3, 0.4) is 0 Å². The Balaban J connectivity index is 1.97. The fourth-order valence-electron chi connectivity index (χ4n) is 2.88. The molecule has 1 atom stereocenters. The molecule has 20 heavy (non-hydrogen) atoms. The number of halogens is 2. The van der Waals surface area contributed by atoms with Crippen molar-refractivity contribution in [1.82, 2.24) is 0 Å². The van der Waals surface area contributed by atoms with Gasteiger partial charge in [-0.15, -0.1) is 0 Å². The van der Waals surface area contributed by atoms with Crippen LogP contribution in [0.15, 0.2) is 42.5 Å². The third-order valence-corrected chi connectivity index (χ3v) is 4.63. The third-order valence-electron chi connectivity index (χ3n) is 3.89. The molecule has 1 nitrogen and oxygen atoms in total. The molecular formula is C17H14Cl2O. The number of fused-ring (bicyclic) bond motifs is 1. The van der Waals surface area contributed by atoms with Crippen LogP contribution in [0.5, 0.6) is 0 Å². The van der Waals surface area contributed by atoms with Gasteiger partial charge in [0.25, 0.3) is 0 Å². The highest BCUT2D eigenvalue weighted by Gasteiger charge is 2.27. The van der Waals surface area contributed by atoms with Crippen molar-refractivity contribution < 1.29 is 4.79 Å². The van der Waals surface area contributed by atoms with Crippen LogP contribution in [0.1, 0.15) is 40.2 Å². The fourth-order valence-corrected chi connectivity index (χ4v) is 3.17. The van der Waals surface area contributed by atoms with Crippen molar-refractivity contribution in [3.63, 3.8) is 0 Å². The standard InChI is InChI=1S/C17H14Cl2O/c18-15-9-8-12(10-16(15)19)17(20)14-7-3-5-11-4-1-2-6-13(11)14/h1-2,4,6,8-10,14H,3,5,7H2. The van der Waals surface area contributed by atoms with E-state index in [2.05, 4.69) is 12.1 Å². The van der Waals surface area contributed by atoms with Gasteiger partial charge in [0, 0.05) is 11.5 Å². The Bertz CT molecular complexity index is 664. The summed E-state index contributed by atoms with van der Waals surface area (Å²) in [4.78, 5) is 12.7. The van der Waals surface area contributed by atoms with Crippen LogP contribution in [0.2, 0.25) is 10.0 Å². The summed E-state index contributed by atoms with van der Waals surface area (Å²) >= 11 is 11.9. The Hall–Kier alpha value is -1.31. The maximum Gasteiger partial charge on any atom is 0.170 e. The van der Waals surface area contributed by atoms with Gasteiger partial charge < -0.3 is 0 Å². The predicted molar refractivity (Wildman–Crippen MR) is 82.9 cm³/mol. The zero-order valence-corrected chi connectivity index (χ0v) is 12.4. The maximum absolute atomic E-state index is 12.7. The number of carbonyl (C=O) groups excluding carboxylic acids is 1. The molecule has 1 aliphatic rings. The van der Waals surface area contributed by atoms with Crippen molar-refractivity contribution >= 4 is 29.0 Å². The SMILES string of the molecule is O=C(c1ccc(Cl)c(Cl)c1)C1CCCc2ccccc21. The molecule has 0 saturated heterocycles. The van der Waals surface area contributed by atoms with Crippen molar-refractivity contribution in [3.8, 4) is 0 Å². The molecule has 102 valence electrons. The van der Waals surface area contributed by atoms with E-state index in [9.17, 15) is 4.79 Å². The average molecular weight is 305 g/mol. The molecule has 2 aromatic rings. The largest absolute Gasteiger partial charge is 0.293 e. The average Bonchev–Trinajstić information content (AvgIpc) is 2.49. The first-order chi connectivity index (χ1) is 9.66. The summed E-state index contributed by atoms with van der Waals surface area (Å²) in [5, 5.41) is 0.911. The van der Waals surface area contributed by atoms with Gasteiger partial charge in [0.1, 0.15) is 0 Å². The lowest BCUT2D eigenvalue weighted by Crippen LogP contribution is -2.18. The zero-order valence-electron chi connectivity index (χ0n) is 10.9. The van der Waals surface area contributed by atoms with Crippen molar-refractivity contribution in [2.75, 3.05) is 0 Å². The van der Waals surface area contributed by atoms with Gasteiger partial charge in [-0.3, -0.25) is 4.79 Å². The highest BCUT2D eigenvalue weighted by atomic mass is 35.5. The Morgan fingerprint density at radius 3 is 2.65 bits per heavy atom. The molecule has 0 amide bonds. The molecule has 0 spiro atoms. The summed E-state index contributed by atoms with van der Waals surface area (Å²) in [6, 6.07) is 13.3. The molecular weight excluding hydrogens is 291 g/mol. The molecule has 1 aliphatic carbocycles. The number of rotatable bonds is 2. The third kappa shape index (κ3) is 2.48. The van der Waals surface area contributed by atoms with E-state index >= 15 is 0 Å². The van der Waals surface area contributed by atoms with Gasteiger partial charge in [-0.05, 0) is 48.6 Å². The summed E-state index contributed by atoms with van der Waals surface area (Å²) in [5.74, 6) is 0.0768. The molecule has 0 aliphatic heterocycles. The quantitative estimate of drug-likeness (QED) is 0.688. The van der Waals surface area contributed by atoms with Crippen molar-refractivity contribution in [3.05, 3.63) is 69.2 Å². The predicted octanol–water partition coefficient (Wildman–Crippen LogP) is 5.30. The first-order valence-corrected chi connectivity index (χ1v) is 7.49. The number of ketones is 1. The normalized spacial score (nSPS) is 17.6. The van der Waals surface area contributed by atoms with Crippen molar-refractivity contribution in [1.29, 1.82) is 0 Å². The number of benzene rings is 2. The van der Waals surface area contributed by atoms with E-state index in [1.807, 2.05) is 12.1 Å². The first kappa shape index (κ1) is 13.7. The second kappa shape index (κ2) is 5.59. The minimum Gasteiger partial charge on any atom is -0.293 e. The molecule has 2 aromatic carbocycles. The topological polar surface area (TPSA) is 17.1 Å². The Kier molecular flexibility index (Phi) is 3.82. The van der Waals surface area contributed by atoms with Crippen LogP contribution in [0.25, 0.3) is 0 Å². The lowest BCUT2D eigenvalue weighted by molar-refractivity contribution is 0.0951. The van der Waals surface area contributed by atoms with E-state index in [0.29, 0.717) is 15.6 Å². The van der Waals surface area contributed by atoms with Crippen LogP contribution < -0.4 is 0 Å². The van der Waals surface area contributed by atoms with Gasteiger partial charge in [0.05, 0.1) is 10.0 Å². The first-order valence-electron chi connectivity index (χ1n) is 6.74. The smallest absolute Gasteiger partial charge is 0.170 e. The Morgan fingerprint density at radius 2 is 1.85 bits per heavy atom. The van der Waals surface area contributed by atoms with E-state index in [4.69, 9.17) is 23.2 Å². The second-order valence-corrected chi connectivity index (χ2v) is 5.95. The number of hydrogen-bond donors (Lipinski definition) is 0. The number of Topliss-reactive ketones (excluding diaryl/α,β-unsaturated/α-hetero) is 1. The monoisotopic (exact) mass is 304 g/mol. The van der Waals surface area contributed by atoms with Crippen LogP contribution in [0, 0.1) is 0 Å². The Labute approximate surface area is 128 Å². The number of aryl methyl sites for hydroxylation is 1.